The number of likely N-dealkylation sites (tertiary alicyclic amines) is 1. The van der Waals surface area contributed by atoms with E-state index >= 15 is 0 Å². The van der Waals surface area contributed by atoms with Crippen LogP contribution in [-0.2, 0) is 10.0 Å². The molecule has 122 valence electrons. The van der Waals surface area contributed by atoms with Gasteiger partial charge in [-0.3, -0.25) is 4.90 Å². The first-order valence-corrected chi connectivity index (χ1v) is 9.26. The van der Waals surface area contributed by atoms with E-state index in [0.29, 0.717) is 6.54 Å². The summed E-state index contributed by atoms with van der Waals surface area (Å²) in [5.41, 5.74) is 5.48. The lowest BCUT2D eigenvalue weighted by Gasteiger charge is -2.33. The van der Waals surface area contributed by atoms with Gasteiger partial charge in [0.05, 0.1) is 11.8 Å². The number of hydrogen-bond acceptors (Lipinski definition) is 5. The molecule has 8 heteroatoms. The predicted octanol–water partition coefficient (Wildman–Crippen LogP) is 0.449. The second kappa shape index (κ2) is 7.42. The molecule has 1 heterocycles. The highest BCUT2D eigenvalue weighted by atomic mass is 32.2. The van der Waals surface area contributed by atoms with Gasteiger partial charge in [-0.05, 0) is 25.7 Å². The molecule has 7 nitrogen and oxygen atoms in total. The molecule has 2 rings (SSSR count). The minimum absolute atomic E-state index is 0.0143. The molecule has 2 aliphatic rings. The van der Waals surface area contributed by atoms with Gasteiger partial charge < -0.3 is 10.9 Å². The van der Waals surface area contributed by atoms with E-state index in [-0.39, 0.29) is 17.1 Å². The van der Waals surface area contributed by atoms with Crippen LogP contribution >= 0.6 is 0 Å². The largest absolute Gasteiger partial charge is 0.409 e. The highest BCUT2D eigenvalue weighted by Gasteiger charge is 2.30. The van der Waals surface area contributed by atoms with E-state index in [1.807, 2.05) is 0 Å². The number of piperidine rings is 1. The first kappa shape index (κ1) is 16.5. The number of nitrogens with zero attached hydrogens (tertiary/aromatic N) is 2. The van der Waals surface area contributed by atoms with Gasteiger partial charge in [-0.1, -0.05) is 24.4 Å². The summed E-state index contributed by atoms with van der Waals surface area (Å²) in [5, 5.41) is 11.3. The van der Waals surface area contributed by atoms with E-state index in [0.717, 1.165) is 58.0 Å². The van der Waals surface area contributed by atoms with Gasteiger partial charge in [0.2, 0.25) is 10.0 Å². The van der Waals surface area contributed by atoms with Gasteiger partial charge in [0, 0.05) is 19.1 Å². The summed E-state index contributed by atoms with van der Waals surface area (Å²) in [4.78, 5) is 2.07. The van der Waals surface area contributed by atoms with E-state index in [1.165, 1.54) is 0 Å². The molecule has 0 aromatic heterocycles. The molecule has 1 aliphatic carbocycles. The average Bonchev–Trinajstić information content (AvgIpc) is 2.50. The van der Waals surface area contributed by atoms with Gasteiger partial charge in [0.25, 0.3) is 0 Å². The summed E-state index contributed by atoms with van der Waals surface area (Å²) < 4.78 is 27.6. The van der Waals surface area contributed by atoms with Crippen molar-refractivity contribution in [2.24, 2.45) is 10.9 Å². The van der Waals surface area contributed by atoms with E-state index in [2.05, 4.69) is 14.8 Å². The zero-order valence-electron chi connectivity index (χ0n) is 12.4. The van der Waals surface area contributed by atoms with Crippen molar-refractivity contribution in [3.05, 3.63) is 0 Å². The van der Waals surface area contributed by atoms with Crippen LogP contribution in [0.15, 0.2) is 5.16 Å². The lowest BCUT2D eigenvalue weighted by Crippen LogP contribution is -2.48. The fourth-order valence-corrected chi connectivity index (χ4v) is 5.02. The lowest BCUT2D eigenvalue weighted by atomic mass is 10.0. The highest BCUT2D eigenvalue weighted by molar-refractivity contribution is 7.90. The number of sulfonamides is 1. The minimum Gasteiger partial charge on any atom is -0.409 e. The van der Waals surface area contributed by atoms with Gasteiger partial charge >= 0.3 is 0 Å². The van der Waals surface area contributed by atoms with Gasteiger partial charge in [0.1, 0.15) is 0 Å². The number of hydrogen-bond donors (Lipinski definition) is 3. The Kier molecular flexibility index (Phi) is 5.83. The van der Waals surface area contributed by atoms with E-state index < -0.39 is 10.0 Å². The molecule has 21 heavy (non-hydrogen) atoms. The molecule has 0 unspecified atom stereocenters. The van der Waals surface area contributed by atoms with Crippen molar-refractivity contribution in [1.29, 1.82) is 0 Å². The van der Waals surface area contributed by atoms with E-state index in [4.69, 9.17) is 10.9 Å². The Labute approximate surface area is 126 Å². The topological polar surface area (TPSA) is 108 Å². The smallest absolute Gasteiger partial charge is 0.214 e. The Morgan fingerprint density at radius 3 is 2.38 bits per heavy atom. The van der Waals surface area contributed by atoms with Crippen LogP contribution in [-0.4, -0.2) is 55.3 Å². The molecule has 0 spiro atoms. The number of oxime groups is 1. The quantitative estimate of drug-likeness (QED) is 0.295. The number of nitrogens with one attached hydrogen (secondary N) is 1. The summed E-state index contributed by atoms with van der Waals surface area (Å²) in [7, 11) is -3.19. The van der Waals surface area contributed by atoms with Gasteiger partial charge in [-0.15, -0.1) is 0 Å². The standard InChI is InChI=1S/C13H26N4O3S/c14-13(15-18)10-17-8-6-11(7-9-17)16-21(19,20)12-4-2-1-3-5-12/h11-12,16,18H,1-10H2,(H2,14,15). The molecule has 0 amide bonds. The Balaban J connectivity index is 1.80. The number of rotatable bonds is 5. The minimum atomic E-state index is -3.19. The summed E-state index contributed by atoms with van der Waals surface area (Å²) in [6, 6.07) is 0.0143. The maximum atomic E-state index is 12.4. The van der Waals surface area contributed by atoms with E-state index in [1.54, 1.807) is 0 Å². The molecule has 4 N–H and O–H groups in total. The molecule has 0 atom stereocenters. The molecule has 1 saturated heterocycles. The van der Waals surface area contributed by atoms with Crippen molar-refractivity contribution < 1.29 is 13.6 Å². The third-order valence-electron chi connectivity index (χ3n) is 4.42. The summed E-state index contributed by atoms with van der Waals surface area (Å²) >= 11 is 0. The molecule has 0 aromatic rings. The maximum absolute atomic E-state index is 12.4. The van der Waals surface area contributed by atoms with Gasteiger partial charge in [-0.2, -0.15) is 0 Å². The van der Waals surface area contributed by atoms with E-state index in [9.17, 15) is 8.42 Å². The van der Waals surface area contributed by atoms with Crippen LogP contribution in [0.3, 0.4) is 0 Å². The third kappa shape index (κ3) is 4.82. The summed E-state index contributed by atoms with van der Waals surface area (Å²) in [6.45, 7) is 1.95. The van der Waals surface area contributed by atoms with Crippen LogP contribution in [0.4, 0.5) is 0 Å². The van der Waals surface area contributed by atoms with Crippen LogP contribution in [0, 0.1) is 0 Å². The Bertz CT molecular complexity index is 452. The molecule has 2 fully saturated rings. The van der Waals surface area contributed by atoms with Gasteiger partial charge in [-0.25, -0.2) is 13.1 Å². The van der Waals surface area contributed by atoms with Crippen LogP contribution in [0.25, 0.3) is 0 Å². The van der Waals surface area contributed by atoms with Crippen molar-refractivity contribution in [3.63, 3.8) is 0 Å². The fourth-order valence-electron chi connectivity index (χ4n) is 3.17. The van der Waals surface area contributed by atoms with Crippen molar-refractivity contribution in [1.82, 2.24) is 9.62 Å². The first-order chi connectivity index (χ1) is 10.0. The Hall–Kier alpha value is -0.860. The van der Waals surface area contributed by atoms with Gasteiger partial charge in [0.15, 0.2) is 5.84 Å². The summed E-state index contributed by atoms with van der Waals surface area (Å²) in [6.07, 6.45) is 6.30. The van der Waals surface area contributed by atoms with Crippen LogP contribution in [0.2, 0.25) is 0 Å². The fraction of sp³-hybridized carbons (Fsp3) is 0.923. The molecule has 0 radical (unpaired) electrons. The van der Waals surface area contributed by atoms with Crippen molar-refractivity contribution in [2.75, 3.05) is 19.6 Å². The lowest BCUT2D eigenvalue weighted by molar-refractivity contribution is 0.228. The van der Waals surface area contributed by atoms with Crippen molar-refractivity contribution in [3.8, 4) is 0 Å². The second-order valence-electron chi connectivity index (χ2n) is 6.06. The van der Waals surface area contributed by atoms with Crippen LogP contribution in [0.5, 0.6) is 0 Å². The van der Waals surface area contributed by atoms with Crippen molar-refractivity contribution >= 4 is 15.9 Å². The van der Waals surface area contributed by atoms with Crippen LogP contribution in [0.1, 0.15) is 44.9 Å². The zero-order valence-corrected chi connectivity index (χ0v) is 13.2. The number of amidine groups is 1. The normalized spacial score (nSPS) is 24.3. The molecule has 0 bridgehead atoms. The molecular formula is C13H26N4O3S. The van der Waals surface area contributed by atoms with Crippen molar-refractivity contribution in [2.45, 2.75) is 56.2 Å². The molecular weight excluding hydrogens is 292 g/mol. The monoisotopic (exact) mass is 318 g/mol. The SMILES string of the molecule is NC(CN1CCC(NS(=O)(=O)C2CCCCC2)CC1)=NO. The Morgan fingerprint density at radius 1 is 1.19 bits per heavy atom. The predicted molar refractivity (Wildman–Crippen MR) is 81.8 cm³/mol. The maximum Gasteiger partial charge on any atom is 0.214 e. The molecule has 0 aromatic carbocycles. The summed E-state index contributed by atoms with van der Waals surface area (Å²) in [5.74, 6) is 0.191. The highest BCUT2D eigenvalue weighted by Crippen LogP contribution is 2.24. The average molecular weight is 318 g/mol. The second-order valence-corrected chi connectivity index (χ2v) is 8.06. The van der Waals surface area contributed by atoms with Crippen LogP contribution < -0.4 is 10.5 Å². The zero-order chi connectivity index (χ0) is 15.3. The Morgan fingerprint density at radius 2 is 1.81 bits per heavy atom. The molecule has 1 aliphatic heterocycles. The third-order valence-corrected chi connectivity index (χ3v) is 6.43. The number of nitrogens with two attached hydrogens (primary N) is 1. The first-order valence-electron chi connectivity index (χ1n) is 7.71. The molecule has 1 saturated carbocycles.